The number of allylic oxidation sites excluding steroid dienone is 3. The third-order valence-corrected chi connectivity index (χ3v) is 10.4. The SMILES string of the molecule is C1=CC(N(c2ccccc2)c2cc3ccccc3c3c2sc2c(N(c4ccccc4)c4ccccc4)cc4ccccc4c23)=CCC1. The molecule has 1 aliphatic rings. The van der Waals surface area contributed by atoms with Crippen LogP contribution in [0.4, 0.5) is 28.4 Å². The average molecular weight is 621 g/mol. The Balaban J connectivity index is 1.45. The van der Waals surface area contributed by atoms with Gasteiger partial charge in [0, 0.05) is 33.5 Å². The summed E-state index contributed by atoms with van der Waals surface area (Å²) in [7, 11) is 0. The van der Waals surface area contributed by atoms with Crippen LogP contribution in [0, 0.1) is 0 Å². The molecule has 47 heavy (non-hydrogen) atoms. The molecule has 0 aliphatic heterocycles. The minimum absolute atomic E-state index is 1.04. The van der Waals surface area contributed by atoms with Crippen molar-refractivity contribution in [2.75, 3.05) is 9.80 Å². The predicted octanol–water partition coefficient (Wildman–Crippen LogP) is 13.2. The van der Waals surface area contributed by atoms with Crippen LogP contribution in [-0.2, 0) is 0 Å². The Kier molecular flexibility index (Phi) is 6.84. The second kappa shape index (κ2) is 11.6. The maximum absolute atomic E-state index is 2.47. The van der Waals surface area contributed by atoms with Crippen molar-refractivity contribution >= 4 is 81.5 Å². The fourth-order valence-corrected chi connectivity index (χ4v) is 8.46. The standard InChI is InChI=1S/C44H32N2S/c1-5-19-33(20-6-1)45(34-21-7-2-8-22-34)39-29-31-17-13-15-27-37(31)41-42-38-28-16-14-18-32(38)30-40(44(42)47-43(39)41)46(35-23-9-3-10-24-35)36-25-11-4-12-26-36/h1-3,5-11,13-30H,4,12H2. The first-order valence-electron chi connectivity index (χ1n) is 16.3. The number of hydrogen-bond acceptors (Lipinski definition) is 3. The monoisotopic (exact) mass is 620 g/mol. The Hall–Kier alpha value is -5.64. The van der Waals surface area contributed by atoms with E-state index in [0.29, 0.717) is 0 Å². The fourth-order valence-electron chi connectivity index (χ4n) is 7.12. The molecule has 0 radical (unpaired) electrons. The van der Waals surface area contributed by atoms with Crippen LogP contribution in [0.25, 0.3) is 41.7 Å². The summed E-state index contributed by atoms with van der Waals surface area (Å²) in [6.07, 6.45) is 9.09. The van der Waals surface area contributed by atoms with Crippen molar-refractivity contribution in [2.24, 2.45) is 0 Å². The van der Waals surface area contributed by atoms with E-state index in [2.05, 4.69) is 180 Å². The fraction of sp³-hybridized carbons (Fsp3) is 0.0455. The summed E-state index contributed by atoms with van der Waals surface area (Å²) < 4.78 is 2.58. The van der Waals surface area contributed by atoms with Gasteiger partial charge in [-0.1, -0.05) is 115 Å². The highest BCUT2D eigenvalue weighted by atomic mass is 32.1. The molecule has 9 rings (SSSR count). The van der Waals surface area contributed by atoms with E-state index in [9.17, 15) is 0 Å². The number of benzene rings is 7. The van der Waals surface area contributed by atoms with Crippen LogP contribution in [0.2, 0.25) is 0 Å². The van der Waals surface area contributed by atoms with Gasteiger partial charge in [0.25, 0.3) is 0 Å². The van der Waals surface area contributed by atoms with E-state index in [1.165, 1.54) is 64.5 Å². The molecule has 0 N–H and O–H groups in total. The van der Waals surface area contributed by atoms with Crippen molar-refractivity contribution in [1.29, 1.82) is 0 Å². The lowest BCUT2D eigenvalue weighted by Crippen LogP contribution is -2.16. The highest BCUT2D eigenvalue weighted by Crippen LogP contribution is 2.53. The van der Waals surface area contributed by atoms with E-state index >= 15 is 0 Å². The lowest BCUT2D eigenvalue weighted by Gasteiger charge is -2.28. The molecule has 1 heterocycles. The highest BCUT2D eigenvalue weighted by Gasteiger charge is 2.25. The number of rotatable bonds is 6. The molecule has 224 valence electrons. The van der Waals surface area contributed by atoms with Gasteiger partial charge in [-0.2, -0.15) is 0 Å². The van der Waals surface area contributed by atoms with E-state index in [1.807, 2.05) is 11.3 Å². The molecule has 8 aromatic rings. The Bertz CT molecular complexity index is 2420. The molecular weight excluding hydrogens is 589 g/mol. The molecule has 0 spiro atoms. The van der Waals surface area contributed by atoms with Gasteiger partial charge in [-0.15, -0.1) is 11.3 Å². The molecule has 1 aliphatic carbocycles. The summed E-state index contributed by atoms with van der Waals surface area (Å²) in [5.41, 5.74) is 7.07. The largest absolute Gasteiger partial charge is 0.309 e. The summed E-state index contributed by atoms with van der Waals surface area (Å²) in [6.45, 7) is 0. The molecule has 0 saturated heterocycles. The Morgan fingerprint density at radius 3 is 1.38 bits per heavy atom. The van der Waals surface area contributed by atoms with Crippen LogP contribution in [0.1, 0.15) is 12.8 Å². The normalized spacial score (nSPS) is 13.0. The zero-order valence-electron chi connectivity index (χ0n) is 25.9. The van der Waals surface area contributed by atoms with Crippen molar-refractivity contribution in [2.45, 2.75) is 12.8 Å². The summed E-state index contributed by atoms with van der Waals surface area (Å²) in [5, 5.41) is 7.68. The van der Waals surface area contributed by atoms with Gasteiger partial charge in [0.05, 0.1) is 20.8 Å². The van der Waals surface area contributed by atoms with E-state index in [4.69, 9.17) is 0 Å². The van der Waals surface area contributed by atoms with Gasteiger partial charge < -0.3 is 9.80 Å². The van der Waals surface area contributed by atoms with Crippen molar-refractivity contribution in [3.8, 4) is 0 Å². The number of thiophene rings is 1. The van der Waals surface area contributed by atoms with Gasteiger partial charge >= 0.3 is 0 Å². The number of nitrogens with zero attached hydrogens (tertiary/aromatic N) is 2. The number of para-hydroxylation sites is 3. The van der Waals surface area contributed by atoms with E-state index in [1.54, 1.807) is 0 Å². The summed E-state index contributed by atoms with van der Waals surface area (Å²) in [5.74, 6) is 0. The second-order valence-corrected chi connectivity index (χ2v) is 13.1. The number of fused-ring (bicyclic) bond motifs is 7. The average Bonchev–Trinajstić information content (AvgIpc) is 3.56. The third kappa shape index (κ3) is 4.70. The Labute approximate surface area is 278 Å². The zero-order chi connectivity index (χ0) is 31.2. The van der Waals surface area contributed by atoms with Crippen LogP contribution in [-0.4, -0.2) is 0 Å². The van der Waals surface area contributed by atoms with Crippen molar-refractivity contribution < 1.29 is 0 Å². The molecular formula is C44H32N2S. The van der Waals surface area contributed by atoms with Gasteiger partial charge in [-0.25, -0.2) is 0 Å². The van der Waals surface area contributed by atoms with Crippen molar-refractivity contribution in [3.63, 3.8) is 0 Å². The molecule has 1 aromatic heterocycles. The summed E-state index contributed by atoms with van der Waals surface area (Å²) in [4.78, 5) is 4.89. The van der Waals surface area contributed by atoms with Crippen LogP contribution >= 0.6 is 11.3 Å². The van der Waals surface area contributed by atoms with Gasteiger partial charge in [0.15, 0.2) is 0 Å². The molecule has 0 fully saturated rings. The Morgan fingerprint density at radius 1 is 0.447 bits per heavy atom. The Morgan fingerprint density at radius 2 is 0.894 bits per heavy atom. The quantitative estimate of drug-likeness (QED) is 0.182. The molecule has 0 saturated carbocycles. The summed E-state index contributed by atoms with van der Waals surface area (Å²) in [6, 6.07) is 55.0. The molecule has 7 aromatic carbocycles. The lowest BCUT2D eigenvalue weighted by atomic mass is 9.97. The van der Waals surface area contributed by atoms with Gasteiger partial charge in [0.2, 0.25) is 0 Å². The second-order valence-electron chi connectivity index (χ2n) is 12.0. The van der Waals surface area contributed by atoms with Gasteiger partial charge in [-0.3, -0.25) is 0 Å². The molecule has 0 unspecified atom stereocenters. The lowest BCUT2D eigenvalue weighted by molar-refractivity contribution is 0.998. The molecule has 0 amide bonds. The minimum Gasteiger partial charge on any atom is -0.309 e. The first-order valence-corrected chi connectivity index (χ1v) is 17.1. The molecule has 3 heteroatoms. The van der Waals surface area contributed by atoms with Crippen molar-refractivity contribution in [3.05, 3.63) is 176 Å². The highest BCUT2D eigenvalue weighted by molar-refractivity contribution is 7.27. The molecule has 0 bridgehead atoms. The topological polar surface area (TPSA) is 6.48 Å². The minimum atomic E-state index is 1.04. The van der Waals surface area contributed by atoms with E-state index in [0.717, 1.165) is 24.2 Å². The smallest absolute Gasteiger partial charge is 0.0646 e. The van der Waals surface area contributed by atoms with E-state index in [-0.39, 0.29) is 0 Å². The first-order chi connectivity index (χ1) is 23.3. The van der Waals surface area contributed by atoms with Gasteiger partial charge in [0.1, 0.15) is 0 Å². The number of anilines is 5. The van der Waals surface area contributed by atoms with Gasteiger partial charge in [-0.05, 0) is 89.0 Å². The van der Waals surface area contributed by atoms with E-state index < -0.39 is 0 Å². The maximum atomic E-state index is 2.47. The third-order valence-electron chi connectivity index (χ3n) is 9.18. The first kappa shape index (κ1) is 27.7. The predicted molar refractivity (Wildman–Crippen MR) is 204 cm³/mol. The molecule has 2 nitrogen and oxygen atoms in total. The van der Waals surface area contributed by atoms with Crippen LogP contribution in [0.3, 0.4) is 0 Å². The van der Waals surface area contributed by atoms with Crippen LogP contribution < -0.4 is 9.80 Å². The molecule has 0 atom stereocenters. The van der Waals surface area contributed by atoms with Crippen molar-refractivity contribution in [1.82, 2.24) is 0 Å². The number of hydrogen-bond donors (Lipinski definition) is 0. The summed E-state index contributed by atoms with van der Waals surface area (Å²) >= 11 is 1.91. The maximum Gasteiger partial charge on any atom is 0.0646 e. The van der Waals surface area contributed by atoms with Crippen LogP contribution in [0.5, 0.6) is 0 Å². The zero-order valence-corrected chi connectivity index (χ0v) is 26.7. The van der Waals surface area contributed by atoms with Crippen LogP contribution in [0.15, 0.2) is 176 Å².